The highest BCUT2D eigenvalue weighted by atomic mass is 32.2. The Balaban J connectivity index is 1.18. The summed E-state index contributed by atoms with van der Waals surface area (Å²) < 4.78 is 26.7. The first kappa shape index (κ1) is 27.5. The van der Waals surface area contributed by atoms with Crippen molar-refractivity contribution in [2.75, 3.05) is 52.3 Å². The van der Waals surface area contributed by atoms with Crippen LogP contribution in [0.4, 0.5) is 10.1 Å². The van der Waals surface area contributed by atoms with Crippen molar-refractivity contribution in [3.05, 3.63) is 96.4 Å². The number of amides is 1. The molecule has 40 heavy (non-hydrogen) atoms. The van der Waals surface area contributed by atoms with E-state index in [0.29, 0.717) is 36.0 Å². The molecule has 0 radical (unpaired) electrons. The molecule has 9 heteroatoms. The maximum absolute atomic E-state index is 13.3. The van der Waals surface area contributed by atoms with Crippen LogP contribution in [0.15, 0.2) is 89.8 Å². The molecule has 7 nitrogen and oxygen atoms in total. The third-order valence-corrected chi connectivity index (χ3v) is 7.65. The summed E-state index contributed by atoms with van der Waals surface area (Å²) in [5.74, 6) is 1.64. The highest BCUT2D eigenvalue weighted by Crippen LogP contribution is 2.33. The molecule has 1 aliphatic heterocycles. The molecular formula is C31H31FN4O3S. The van der Waals surface area contributed by atoms with E-state index in [1.807, 2.05) is 60.3 Å². The summed E-state index contributed by atoms with van der Waals surface area (Å²) in [4.78, 5) is 22.9. The number of rotatable bonds is 8. The number of benzene rings is 3. The normalized spacial score (nSPS) is 13.7. The smallest absolute Gasteiger partial charge is 0.272 e. The van der Waals surface area contributed by atoms with Gasteiger partial charge in [0.15, 0.2) is 0 Å². The molecule has 5 rings (SSSR count). The van der Waals surface area contributed by atoms with Crippen molar-refractivity contribution in [2.45, 2.75) is 4.90 Å². The summed E-state index contributed by atoms with van der Waals surface area (Å²) in [6.45, 7) is 2.76. The lowest BCUT2D eigenvalue weighted by Gasteiger charge is -2.33. The van der Waals surface area contributed by atoms with Crippen LogP contribution in [0, 0.1) is 5.82 Å². The first-order chi connectivity index (χ1) is 19.4. The Morgan fingerprint density at radius 2 is 1.57 bits per heavy atom. The minimum atomic E-state index is -0.309. The van der Waals surface area contributed by atoms with E-state index in [4.69, 9.17) is 9.47 Å². The molecule has 1 aliphatic rings. The van der Waals surface area contributed by atoms with Gasteiger partial charge in [-0.3, -0.25) is 4.79 Å². The zero-order valence-corrected chi connectivity index (χ0v) is 23.5. The molecular weight excluding hydrogens is 527 g/mol. The summed E-state index contributed by atoms with van der Waals surface area (Å²) in [6.07, 6.45) is 0. The molecule has 1 fully saturated rings. The Kier molecular flexibility index (Phi) is 8.52. The van der Waals surface area contributed by atoms with Crippen LogP contribution in [0.25, 0.3) is 11.3 Å². The molecule has 1 saturated heterocycles. The number of piperazine rings is 1. The van der Waals surface area contributed by atoms with E-state index in [1.165, 1.54) is 12.1 Å². The van der Waals surface area contributed by atoms with Crippen molar-refractivity contribution in [3.8, 4) is 28.5 Å². The fourth-order valence-corrected chi connectivity index (χ4v) is 5.36. The number of carbonyl (C=O) groups excluding carboxylic acids is 1. The lowest BCUT2D eigenvalue weighted by molar-refractivity contribution is 0.0698. The van der Waals surface area contributed by atoms with Gasteiger partial charge in [0.1, 0.15) is 28.8 Å². The van der Waals surface area contributed by atoms with Crippen molar-refractivity contribution < 1.29 is 18.7 Å². The maximum Gasteiger partial charge on any atom is 0.272 e. The molecule has 0 spiro atoms. The molecule has 0 aliphatic carbocycles. The number of aromatic nitrogens is 1. The van der Waals surface area contributed by atoms with Crippen molar-refractivity contribution >= 4 is 23.5 Å². The number of hydrogen-bond acceptors (Lipinski definition) is 7. The van der Waals surface area contributed by atoms with Gasteiger partial charge in [-0.2, -0.15) is 0 Å². The predicted molar refractivity (Wildman–Crippen MR) is 157 cm³/mol. The number of anilines is 1. The van der Waals surface area contributed by atoms with E-state index in [1.54, 1.807) is 37.3 Å². The van der Waals surface area contributed by atoms with Crippen LogP contribution in [0.2, 0.25) is 0 Å². The predicted octanol–water partition coefficient (Wildman–Crippen LogP) is 6.22. The highest BCUT2D eigenvalue weighted by molar-refractivity contribution is 7.97. The topological polar surface area (TPSA) is 58.1 Å². The Hall–Kier alpha value is -4.08. The molecule has 1 amide bonds. The molecule has 1 aromatic heterocycles. The van der Waals surface area contributed by atoms with Crippen LogP contribution in [0.5, 0.6) is 17.2 Å². The minimum absolute atomic E-state index is 0.0697. The Morgan fingerprint density at radius 3 is 2.23 bits per heavy atom. The average Bonchev–Trinajstić information content (AvgIpc) is 2.98. The van der Waals surface area contributed by atoms with Gasteiger partial charge in [-0.25, -0.2) is 13.7 Å². The molecule has 0 bridgehead atoms. The van der Waals surface area contributed by atoms with Gasteiger partial charge in [0.05, 0.1) is 18.5 Å². The fourth-order valence-electron chi connectivity index (χ4n) is 4.42. The number of nitrogens with zero attached hydrogens (tertiary/aromatic N) is 4. The van der Waals surface area contributed by atoms with E-state index in [2.05, 4.69) is 27.5 Å². The highest BCUT2D eigenvalue weighted by Gasteiger charge is 2.24. The van der Waals surface area contributed by atoms with Gasteiger partial charge in [0.25, 0.3) is 5.91 Å². The summed E-state index contributed by atoms with van der Waals surface area (Å²) >= 11 is 1.68. The fraction of sp³-hybridized carbons (Fsp3) is 0.226. The number of hydrogen-bond donors (Lipinski definition) is 0. The quantitative estimate of drug-likeness (QED) is 0.238. The SMILES string of the molecule is COc1cc(SN2CCN(C(=O)c3cccc(-c4ccc(Oc5ccc(F)cc5)cc4)n3)CC2)ccc1N(C)C. The third-order valence-electron chi connectivity index (χ3n) is 6.56. The monoisotopic (exact) mass is 558 g/mol. The van der Waals surface area contributed by atoms with Gasteiger partial charge in [-0.05, 0) is 90.8 Å². The molecule has 0 atom stereocenters. The van der Waals surface area contributed by atoms with E-state index in [-0.39, 0.29) is 11.7 Å². The van der Waals surface area contributed by atoms with Crippen molar-refractivity contribution in [1.29, 1.82) is 0 Å². The van der Waals surface area contributed by atoms with E-state index in [9.17, 15) is 9.18 Å². The van der Waals surface area contributed by atoms with Gasteiger partial charge in [-0.1, -0.05) is 6.07 Å². The second kappa shape index (κ2) is 12.4. The van der Waals surface area contributed by atoms with E-state index in [0.717, 1.165) is 35.0 Å². The number of halogens is 1. The van der Waals surface area contributed by atoms with Gasteiger partial charge in [-0.15, -0.1) is 0 Å². The van der Waals surface area contributed by atoms with Gasteiger partial charge >= 0.3 is 0 Å². The zero-order valence-electron chi connectivity index (χ0n) is 22.7. The minimum Gasteiger partial charge on any atom is -0.495 e. The maximum atomic E-state index is 13.3. The van der Waals surface area contributed by atoms with Gasteiger partial charge in [0.2, 0.25) is 0 Å². The lowest BCUT2D eigenvalue weighted by atomic mass is 10.1. The van der Waals surface area contributed by atoms with Crippen LogP contribution in [-0.2, 0) is 0 Å². The Morgan fingerprint density at radius 1 is 0.900 bits per heavy atom. The molecule has 0 saturated carbocycles. The first-order valence-electron chi connectivity index (χ1n) is 13.0. The zero-order chi connectivity index (χ0) is 28.1. The Labute approximate surface area is 238 Å². The standard InChI is InChI=1S/C31H31FN4O3S/c1-34(2)29-16-15-26(21-30(29)38-3)40-36-19-17-35(18-20-36)31(37)28-6-4-5-27(33-28)22-7-11-24(12-8-22)39-25-13-9-23(32)10-14-25/h4-16,21H,17-20H2,1-3H3. The second-order valence-electron chi connectivity index (χ2n) is 9.53. The molecule has 4 aromatic rings. The number of methoxy groups -OCH3 is 1. The number of pyridine rings is 1. The first-order valence-corrected chi connectivity index (χ1v) is 13.8. The van der Waals surface area contributed by atoms with Gasteiger partial charge < -0.3 is 19.3 Å². The summed E-state index contributed by atoms with van der Waals surface area (Å²) in [5.41, 5.74) is 3.04. The van der Waals surface area contributed by atoms with Crippen molar-refractivity contribution in [3.63, 3.8) is 0 Å². The average molecular weight is 559 g/mol. The van der Waals surface area contributed by atoms with E-state index < -0.39 is 0 Å². The largest absolute Gasteiger partial charge is 0.495 e. The third kappa shape index (κ3) is 6.55. The van der Waals surface area contributed by atoms with Crippen LogP contribution in [0.1, 0.15) is 10.5 Å². The number of carbonyl (C=O) groups is 1. The van der Waals surface area contributed by atoms with Crippen LogP contribution >= 0.6 is 11.9 Å². The molecule has 0 N–H and O–H groups in total. The van der Waals surface area contributed by atoms with Crippen molar-refractivity contribution in [2.24, 2.45) is 0 Å². The lowest BCUT2D eigenvalue weighted by Crippen LogP contribution is -2.46. The second-order valence-corrected chi connectivity index (χ2v) is 10.7. The van der Waals surface area contributed by atoms with Crippen molar-refractivity contribution in [1.82, 2.24) is 14.2 Å². The summed E-state index contributed by atoms with van der Waals surface area (Å²) in [5, 5.41) is 0. The Bertz CT molecular complexity index is 1460. The number of ether oxygens (including phenoxy) is 2. The van der Waals surface area contributed by atoms with E-state index >= 15 is 0 Å². The summed E-state index contributed by atoms with van der Waals surface area (Å²) in [7, 11) is 5.67. The molecule has 3 aromatic carbocycles. The van der Waals surface area contributed by atoms with Crippen LogP contribution < -0.4 is 14.4 Å². The molecule has 2 heterocycles. The van der Waals surface area contributed by atoms with Crippen LogP contribution in [0.3, 0.4) is 0 Å². The van der Waals surface area contributed by atoms with Gasteiger partial charge in [0, 0.05) is 50.7 Å². The summed E-state index contributed by atoms with van der Waals surface area (Å²) in [6, 6.07) is 25.0. The molecule has 206 valence electrons. The molecule has 0 unspecified atom stereocenters. The van der Waals surface area contributed by atoms with Crippen LogP contribution in [-0.4, -0.2) is 67.5 Å².